The summed E-state index contributed by atoms with van der Waals surface area (Å²) in [7, 11) is 1.63. The SMILES string of the molecule is CCOC(=O)c1nc(CCOC)sc1S. The maximum atomic E-state index is 11.4. The van der Waals surface area contributed by atoms with Crippen LogP contribution in [0.1, 0.15) is 22.4 Å². The third kappa shape index (κ3) is 3.48. The van der Waals surface area contributed by atoms with E-state index < -0.39 is 5.97 Å². The molecule has 0 fully saturated rings. The minimum atomic E-state index is -0.414. The van der Waals surface area contributed by atoms with Crippen LogP contribution in [0.4, 0.5) is 0 Å². The van der Waals surface area contributed by atoms with Gasteiger partial charge in [-0.1, -0.05) is 0 Å². The van der Waals surface area contributed by atoms with E-state index in [2.05, 4.69) is 17.6 Å². The number of esters is 1. The molecular formula is C9H13NO3S2. The number of aromatic nitrogens is 1. The molecule has 1 aromatic heterocycles. The molecule has 0 radical (unpaired) electrons. The number of methoxy groups -OCH3 is 1. The highest BCUT2D eigenvalue weighted by atomic mass is 32.2. The van der Waals surface area contributed by atoms with Crippen molar-refractivity contribution in [3.8, 4) is 0 Å². The average molecular weight is 247 g/mol. The zero-order valence-electron chi connectivity index (χ0n) is 8.65. The van der Waals surface area contributed by atoms with Crippen LogP contribution in [-0.4, -0.2) is 31.3 Å². The monoisotopic (exact) mass is 247 g/mol. The largest absolute Gasteiger partial charge is 0.461 e. The molecule has 0 aliphatic heterocycles. The molecule has 1 aromatic rings. The van der Waals surface area contributed by atoms with Gasteiger partial charge in [-0.15, -0.1) is 24.0 Å². The Morgan fingerprint density at radius 3 is 2.93 bits per heavy atom. The van der Waals surface area contributed by atoms with E-state index in [0.717, 1.165) is 5.01 Å². The van der Waals surface area contributed by atoms with Gasteiger partial charge in [0.15, 0.2) is 5.69 Å². The molecule has 4 nitrogen and oxygen atoms in total. The minimum Gasteiger partial charge on any atom is -0.461 e. The zero-order chi connectivity index (χ0) is 11.3. The summed E-state index contributed by atoms with van der Waals surface area (Å²) in [6.45, 7) is 2.69. The van der Waals surface area contributed by atoms with Crippen molar-refractivity contribution in [3.63, 3.8) is 0 Å². The van der Waals surface area contributed by atoms with E-state index >= 15 is 0 Å². The van der Waals surface area contributed by atoms with Gasteiger partial charge in [-0.2, -0.15) is 0 Å². The Morgan fingerprint density at radius 2 is 2.33 bits per heavy atom. The van der Waals surface area contributed by atoms with Crippen LogP contribution in [0.5, 0.6) is 0 Å². The molecule has 0 unspecified atom stereocenters. The summed E-state index contributed by atoms with van der Waals surface area (Å²) in [4.78, 5) is 15.5. The maximum absolute atomic E-state index is 11.4. The Balaban J connectivity index is 2.72. The van der Waals surface area contributed by atoms with Crippen LogP contribution in [0.3, 0.4) is 0 Å². The Labute approximate surface area is 98.0 Å². The fraction of sp³-hybridized carbons (Fsp3) is 0.556. The van der Waals surface area contributed by atoms with E-state index in [0.29, 0.717) is 29.5 Å². The molecule has 0 bridgehead atoms. The quantitative estimate of drug-likeness (QED) is 0.636. The lowest BCUT2D eigenvalue weighted by Crippen LogP contribution is -2.06. The molecule has 0 saturated heterocycles. The van der Waals surface area contributed by atoms with E-state index in [4.69, 9.17) is 9.47 Å². The lowest BCUT2D eigenvalue weighted by Gasteiger charge is -1.97. The topological polar surface area (TPSA) is 48.4 Å². The van der Waals surface area contributed by atoms with Gasteiger partial charge in [-0.3, -0.25) is 0 Å². The van der Waals surface area contributed by atoms with Gasteiger partial charge >= 0.3 is 5.97 Å². The first-order valence-electron chi connectivity index (χ1n) is 4.53. The maximum Gasteiger partial charge on any atom is 0.358 e. The van der Waals surface area contributed by atoms with Crippen molar-refractivity contribution in [2.24, 2.45) is 0 Å². The number of nitrogens with zero attached hydrogens (tertiary/aromatic N) is 1. The highest BCUT2D eigenvalue weighted by Gasteiger charge is 2.16. The first-order chi connectivity index (χ1) is 7.19. The van der Waals surface area contributed by atoms with Crippen molar-refractivity contribution < 1.29 is 14.3 Å². The van der Waals surface area contributed by atoms with E-state index in [1.165, 1.54) is 11.3 Å². The molecule has 0 aromatic carbocycles. The normalized spacial score (nSPS) is 10.3. The van der Waals surface area contributed by atoms with E-state index in [1.807, 2.05) is 0 Å². The van der Waals surface area contributed by atoms with Gasteiger partial charge in [0, 0.05) is 13.5 Å². The van der Waals surface area contributed by atoms with Crippen LogP contribution >= 0.6 is 24.0 Å². The number of thiol groups is 1. The van der Waals surface area contributed by atoms with Crippen molar-refractivity contribution >= 4 is 29.9 Å². The minimum absolute atomic E-state index is 0.302. The fourth-order valence-electron chi connectivity index (χ4n) is 0.984. The van der Waals surface area contributed by atoms with Crippen LogP contribution in [0.25, 0.3) is 0 Å². The van der Waals surface area contributed by atoms with Crippen LogP contribution in [0.2, 0.25) is 0 Å². The zero-order valence-corrected chi connectivity index (χ0v) is 10.4. The molecule has 1 heterocycles. The van der Waals surface area contributed by atoms with Crippen molar-refractivity contribution in [2.75, 3.05) is 20.3 Å². The molecule has 15 heavy (non-hydrogen) atoms. The summed E-state index contributed by atoms with van der Waals surface area (Å²) in [5.74, 6) is -0.414. The summed E-state index contributed by atoms with van der Waals surface area (Å²) in [6.07, 6.45) is 0.689. The molecule has 0 aliphatic carbocycles. The third-order valence-electron chi connectivity index (χ3n) is 1.64. The van der Waals surface area contributed by atoms with Crippen LogP contribution in [0.15, 0.2) is 4.21 Å². The molecule has 84 valence electrons. The van der Waals surface area contributed by atoms with Crippen molar-refractivity contribution in [1.29, 1.82) is 0 Å². The lowest BCUT2D eigenvalue weighted by atomic mass is 10.4. The molecule has 0 atom stereocenters. The highest BCUT2D eigenvalue weighted by Crippen LogP contribution is 2.23. The van der Waals surface area contributed by atoms with Gasteiger partial charge < -0.3 is 9.47 Å². The van der Waals surface area contributed by atoms with Gasteiger partial charge in [0.05, 0.1) is 22.4 Å². The molecule has 0 amide bonds. The number of thiazole rings is 1. The van der Waals surface area contributed by atoms with Gasteiger partial charge in [0.1, 0.15) is 0 Å². The molecule has 0 spiro atoms. The number of hydrogen-bond donors (Lipinski definition) is 1. The molecule has 0 N–H and O–H groups in total. The second-order valence-corrected chi connectivity index (χ2v) is 4.56. The molecule has 1 rings (SSSR count). The van der Waals surface area contributed by atoms with Crippen LogP contribution in [0, 0.1) is 0 Å². The first kappa shape index (κ1) is 12.5. The average Bonchev–Trinajstić information content (AvgIpc) is 2.57. The predicted molar refractivity (Wildman–Crippen MR) is 60.9 cm³/mol. The van der Waals surface area contributed by atoms with E-state index in [-0.39, 0.29) is 0 Å². The van der Waals surface area contributed by atoms with Gasteiger partial charge in [0.2, 0.25) is 0 Å². The smallest absolute Gasteiger partial charge is 0.358 e. The van der Waals surface area contributed by atoms with Gasteiger partial charge in [-0.25, -0.2) is 9.78 Å². The standard InChI is InChI=1S/C9H13NO3S2/c1-3-13-8(11)7-9(14)15-6(10-7)4-5-12-2/h14H,3-5H2,1-2H3. The second-order valence-electron chi connectivity index (χ2n) is 2.72. The van der Waals surface area contributed by atoms with Gasteiger partial charge in [0.25, 0.3) is 0 Å². The molecule has 0 saturated carbocycles. The molecule has 0 aliphatic rings. The highest BCUT2D eigenvalue weighted by molar-refractivity contribution is 7.83. The number of ether oxygens (including phenoxy) is 2. The summed E-state index contributed by atoms with van der Waals surface area (Å²) in [6, 6.07) is 0. The Morgan fingerprint density at radius 1 is 1.60 bits per heavy atom. The van der Waals surface area contributed by atoms with E-state index in [1.54, 1.807) is 14.0 Å². The Bertz CT molecular complexity index is 338. The Hall–Kier alpha value is -0.590. The number of carbonyl (C=O) groups excluding carboxylic acids is 1. The summed E-state index contributed by atoms with van der Waals surface area (Å²) < 4.78 is 10.4. The first-order valence-corrected chi connectivity index (χ1v) is 5.80. The van der Waals surface area contributed by atoms with Crippen LogP contribution < -0.4 is 0 Å². The van der Waals surface area contributed by atoms with Crippen molar-refractivity contribution in [1.82, 2.24) is 4.98 Å². The fourth-order valence-corrected chi connectivity index (χ4v) is 2.21. The predicted octanol–water partition coefficient (Wildman–Crippen LogP) is 1.80. The van der Waals surface area contributed by atoms with Crippen molar-refractivity contribution in [3.05, 3.63) is 10.7 Å². The molecule has 6 heteroatoms. The third-order valence-corrected chi connectivity index (χ3v) is 3.05. The number of hydrogen-bond acceptors (Lipinski definition) is 6. The number of carbonyl (C=O) groups is 1. The Kier molecular flexibility index (Phi) is 5.07. The summed E-state index contributed by atoms with van der Waals surface area (Å²) in [5.41, 5.74) is 0.302. The summed E-state index contributed by atoms with van der Waals surface area (Å²) in [5, 5.41) is 0.838. The second kappa shape index (κ2) is 6.09. The van der Waals surface area contributed by atoms with Crippen molar-refractivity contribution in [2.45, 2.75) is 17.6 Å². The van der Waals surface area contributed by atoms with Crippen LogP contribution in [-0.2, 0) is 15.9 Å². The van der Waals surface area contributed by atoms with Gasteiger partial charge in [-0.05, 0) is 6.92 Å². The summed E-state index contributed by atoms with van der Waals surface area (Å²) >= 11 is 5.57. The number of rotatable bonds is 5. The molecular weight excluding hydrogens is 234 g/mol. The van der Waals surface area contributed by atoms with E-state index in [9.17, 15) is 4.79 Å². The lowest BCUT2D eigenvalue weighted by molar-refractivity contribution is 0.0516.